The van der Waals surface area contributed by atoms with E-state index in [4.69, 9.17) is 15.2 Å². The minimum absolute atomic E-state index is 0.111. The Morgan fingerprint density at radius 1 is 1.55 bits per heavy atom. The molecule has 1 aliphatic heterocycles. The fourth-order valence-electron chi connectivity index (χ4n) is 2.40. The Kier molecular flexibility index (Phi) is 4.49. The summed E-state index contributed by atoms with van der Waals surface area (Å²) in [6.45, 7) is 5.70. The molecular weight excluding hydrogens is 256 g/mol. The zero-order chi connectivity index (χ0) is 14.6. The molecule has 5 heteroatoms. The average Bonchev–Trinajstić information content (AvgIpc) is 2.42. The highest BCUT2D eigenvalue weighted by Gasteiger charge is 2.27. The van der Waals surface area contributed by atoms with E-state index < -0.39 is 5.97 Å². The third-order valence-corrected chi connectivity index (χ3v) is 3.43. The molecule has 0 aromatic heterocycles. The van der Waals surface area contributed by atoms with E-state index in [1.807, 2.05) is 6.07 Å². The SMILES string of the molecule is CCOC(=O)c1cc(NC2(C)CCCOC2)ccc1N. The Labute approximate surface area is 119 Å². The van der Waals surface area contributed by atoms with E-state index in [9.17, 15) is 4.79 Å². The monoisotopic (exact) mass is 278 g/mol. The Morgan fingerprint density at radius 2 is 2.35 bits per heavy atom. The molecule has 0 aliphatic carbocycles. The summed E-state index contributed by atoms with van der Waals surface area (Å²) >= 11 is 0. The molecule has 1 heterocycles. The van der Waals surface area contributed by atoms with Crippen LogP contribution in [0.3, 0.4) is 0 Å². The van der Waals surface area contributed by atoms with Crippen LogP contribution in [0.25, 0.3) is 0 Å². The Bertz CT molecular complexity index is 482. The van der Waals surface area contributed by atoms with Gasteiger partial charge in [-0.1, -0.05) is 0 Å². The molecule has 110 valence electrons. The van der Waals surface area contributed by atoms with Crippen molar-refractivity contribution in [2.45, 2.75) is 32.2 Å². The van der Waals surface area contributed by atoms with Gasteiger partial charge in [0, 0.05) is 18.0 Å². The van der Waals surface area contributed by atoms with Crippen molar-refractivity contribution in [3.8, 4) is 0 Å². The van der Waals surface area contributed by atoms with Crippen molar-refractivity contribution in [2.24, 2.45) is 0 Å². The molecule has 0 saturated carbocycles. The molecule has 3 N–H and O–H groups in total. The molecule has 1 aromatic carbocycles. The first kappa shape index (κ1) is 14.7. The lowest BCUT2D eigenvalue weighted by atomic mass is 9.94. The maximum atomic E-state index is 11.8. The predicted octanol–water partition coefficient (Wildman–Crippen LogP) is 2.43. The van der Waals surface area contributed by atoms with Gasteiger partial charge in [-0.2, -0.15) is 0 Å². The van der Waals surface area contributed by atoms with Crippen LogP contribution in [0.2, 0.25) is 0 Å². The van der Waals surface area contributed by atoms with E-state index in [1.54, 1.807) is 19.1 Å². The summed E-state index contributed by atoms with van der Waals surface area (Å²) in [5.41, 5.74) is 7.41. The molecule has 1 saturated heterocycles. The van der Waals surface area contributed by atoms with Crippen LogP contribution in [0.15, 0.2) is 18.2 Å². The Balaban J connectivity index is 2.16. The van der Waals surface area contributed by atoms with Crippen molar-refractivity contribution in [3.05, 3.63) is 23.8 Å². The van der Waals surface area contributed by atoms with E-state index >= 15 is 0 Å². The largest absolute Gasteiger partial charge is 0.462 e. The van der Waals surface area contributed by atoms with Gasteiger partial charge < -0.3 is 20.5 Å². The number of nitrogens with two attached hydrogens (primary N) is 1. The number of carbonyl (C=O) groups excluding carboxylic acids is 1. The van der Waals surface area contributed by atoms with E-state index in [0.29, 0.717) is 24.5 Å². The van der Waals surface area contributed by atoms with Crippen LogP contribution in [-0.4, -0.2) is 31.3 Å². The lowest BCUT2D eigenvalue weighted by Gasteiger charge is -2.35. The van der Waals surface area contributed by atoms with Gasteiger partial charge in [-0.25, -0.2) is 4.79 Å². The average molecular weight is 278 g/mol. The summed E-state index contributed by atoms with van der Waals surface area (Å²) < 4.78 is 10.5. The molecule has 0 bridgehead atoms. The van der Waals surface area contributed by atoms with E-state index in [-0.39, 0.29) is 5.54 Å². The van der Waals surface area contributed by atoms with Crippen LogP contribution >= 0.6 is 0 Å². The van der Waals surface area contributed by atoms with Gasteiger partial charge in [-0.05, 0) is 44.9 Å². The number of ether oxygens (including phenoxy) is 2. The van der Waals surface area contributed by atoms with Crippen molar-refractivity contribution in [3.63, 3.8) is 0 Å². The first-order valence-corrected chi connectivity index (χ1v) is 6.97. The van der Waals surface area contributed by atoms with Gasteiger partial charge in [-0.15, -0.1) is 0 Å². The van der Waals surface area contributed by atoms with Gasteiger partial charge in [0.05, 0.1) is 24.3 Å². The third kappa shape index (κ3) is 3.42. The molecule has 1 unspecified atom stereocenters. The first-order valence-electron chi connectivity index (χ1n) is 6.97. The van der Waals surface area contributed by atoms with Crippen molar-refractivity contribution in [1.29, 1.82) is 0 Å². The van der Waals surface area contributed by atoms with Crippen LogP contribution in [0.5, 0.6) is 0 Å². The van der Waals surface area contributed by atoms with Crippen molar-refractivity contribution >= 4 is 17.3 Å². The van der Waals surface area contributed by atoms with Crippen LogP contribution < -0.4 is 11.1 Å². The normalized spacial score (nSPS) is 22.3. The molecule has 1 fully saturated rings. The van der Waals surface area contributed by atoms with Gasteiger partial charge in [0.15, 0.2) is 0 Å². The van der Waals surface area contributed by atoms with E-state index in [2.05, 4.69) is 12.2 Å². The smallest absolute Gasteiger partial charge is 0.340 e. The van der Waals surface area contributed by atoms with Crippen LogP contribution in [0.1, 0.15) is 37.0 Å². The summed E-state index contributed by atoms with van der Waals surface area (Å²) in [6.07, 6.45) is 2.06. The second kappa shape index (κ2) is 6.13. The zero-order valence-corrected chi connectivity index (χ0v) is 12.1. The number of benzene rings is 1. The third-order valence-electron chi connectivity index (χ3n) is 3.43. The molecule has 1 aromatic rings. The molecule has 2 rings (SSSR count). The summed E-state index contributed by atoms with van der Waals surface area (Å²) in [6, 6.07) is 5.34. The molecule has 0 spiro atoms. The predicted molar refractivity (Wildman–Crippen MR) is 78.9 cm³/mol. The van der Waals surface area contributed by atoms with Crippen molar-refractivity contribution < 1.29 is 14.3 Å². The first-order chi connectivity index (χ1) is 9.54. The maximum absolute atomic E-state index is 11.8. The minimum atomic E-state index is -0.390. The van der Waals surface area contributed by atoms with E-state index in [1.165, 1.54) is 0 Å². The molecule has 5 nitrogen and oxygen atoms in total. The van der Waals surface area contributed by atoms with Gasteiger partial charge in [0.2, 0.25) is 0 Å². The number of rotatable bonds is 4. The summed E-state index contributed by atoms with van der Waals surface area (Å²) in [5.74, 6) is -0.390. The highest BCUT2D eigenvalue weighted by atomic mass is 16.5. The second-order valence-corrected chi connectivity index (χ2v) is 5.36. The molecule has 1 aliphatic rings. The molecule has 1 atom stereocenters. The number of hydrogen-bond acceptors (Lipinski definition) is 5. The lowest BCUT2D eigenvalue weighted by Crippen LogP contribution is -2.43. The molecule has 0 radical (unpaired) electrons. The Hall–Kier alpha value is -1.75. The molecule has 20 heavy (non-hydrogen) atoms. The Morgan fingerprint density at radius 3 is 3.00 bits per heavy atom. The van der Waals surface area contributed by atoms with Gasteiger partial charge >= 0.3 is 5.97 Å². The fourth-order valence-corrected chi connectivity index (χ4v) is 2.40. The fraction of sp³-hybridized carbons (Fsp3) is 0.533. The minimum Gasteiger partial charge on any atom is -0.462 e. The number of nitrogen functional groups attached to an aromatic ring is 1. The number of nitrogens with one attached hydrogen (secondary N) is 1. The molecular formula is C15H22N2O3. The standard InChI is InChI=1S/C15H22N2O3/c1-3-20-14(18)12-9-11(5-6-13(12)16)17-15(2)7-4-8-19-10-15/h5-6,9,17H,3-4,7-8,10,16H2,1-2H3. The summed E-state index contributed by atoms with van der Waals surface area (Å²) in [7, 11) is 0. The quantitative estimate of drug-likeness (QED) is 0.653. The zero-order valence-electron chi connectivity index (χ0n) is 12.1. The highest BCUT2D eigenvalue weighted by molar-refractivity contribution is 5.96. The number of esters is 1. The number of hydrogen-bond donors (Lipinski definition) is 2. The van der Waals surface area contributed by atoms with E-state index in [0.717, 1.165) is 25.1 Å². The topological polar surface area (TPSA) is 73.6 Å². The second-order valence-electron chi connectivity index (χ2n) is 5.36. The lowest BCUT2D eigenvalue weighted by molar-refractivity contribution is 0.0526. The number of anilines is 2. The van der Waals surface area contributed by atoms with Crippen molar-refractivity contribution in [1.82, 2.24) is 0 Å². The highest BCUT2D eigenvalue weighted by Crippen LogP contribution is 2.26. The van der Waals surface area contributed by atoms with Gasteiger partial charge in [0.1, 0.15) is 0 Å². The number of carbonyl (C=O) groups is 1. The maximum Gasteiger partial charge on any atom is 0.340 e. The van der Waals surface area contributed by atoms with Crippen molar-refractivity contribution in [2.75, 3.05) is 30.9 Å². The van der Waals surface area contributed by atoms with Crippen LogP contribution in [0, 0.1) is 0 Å². The van der Waals surface area contributed by atoms with Crippen LogP contribution in [0.4, 0.5) is 11.4 Å². The van der Waals surface area contributed by atoms with Gasteiger partial charge in [0.25, 0.3) is 0 Å². The summed E-state index contributed by atoms with van der Waals surface area (Å²) in [4.78, 5) is 11.8. The molecule has 0 amide bonds. The summed E-state index contributed by atoms with van der Waals surface area (Å²) in [5, 5.41) is 3.43. The van der Waals surface area contributed by atoms with Crippen LogP contribution in [-0.2, 0) is 9.47 Å². The van der Waals surface area contributed by atoms with Gasteiger partial charge in [-0.3, -0.25) is 0 Å².